The van der Waals surface area contributed by atoms with Gasteiger partial charge in [0.05, 0.1) is 29.5 Å². The number of para-hydroxylation sites is 2. The molecule has 35 heavy (non-hydrogen) atoms. The van der Waals surface area contributed by atoms with Gasteiger partial charge >= 0.3 is 5.97 Å². The predicted molar refractivity (Wildman–Crippen MR) is 136 cm³/mol. The van der Waals surface area contributed by atoms with Crippen LogP contribution < -0.4 is 19.6 Å². The van der Waals surface area contributed by atoms with Gasteiger partial charge in [-0.3, -0.25) is 9.36 Å². The van der Waals surface area contributed by atoms with E-state index in [1.54, 1.807) is 11.5 Å². The van der Waals surface area contributed by atoms with E-state index < -0.39 is 12.0 Å². The second-order valence-electron chi connectivity index (χ2n) is 8.25. The van der Waals surface area contributed by atoms with Crippen LogP contribution in [0.2, 0.25) is 0 Å². The summed E-state index contributed by atoms with van der Waals surface area (Å²) in [5.41, 5.74) is 3.25. The monoisotopic (exact) mass is 487 g/mol. The van der Waals surface area contributed by atoms with Gasteiger partial charge in [0.15, 0.2) is 4.80 Å². The Kier molecular flexibility index (Phi) is 6.13. The third kappa shape index (κ3) is 4.00. The zero-order valence-electron chi connectivity index (χ0n) is 19.7. The molecule has 0 fully saturated rings. The number of carbonyl (C=O) groups excluding carboxylic acids is 1. The molecule has 0 unspecified atom stereocenters. The first-order chi connectivity index (χ1) is 17.0. The fourth-order valence-electron chi connectivity index (χ4n) is 4.39. The van der Waals surface area contributed by atoms with Crippen LogP contribution in [0.1, 0.15) is 37.4 Å². The van der Waals surface area contributed by atoms with Crippen molar-refractivity contribution in [2.75, 3.05) is 13.7 Å². The highest BCUT2D eigenvalue weighted by Gasteiger charge is 2.34. The minimum atomic E-state index is -0.711. The van der Waals surface area contributed by atoms with E-state index in [4.69, 9.17) is 9.47 Å². The number of H-pyrrole nitrogens is 1. The number of aromatic nitrogens is 2. The summed E-state index contributed by atoms with van der Waals surface area (Å²) in [5.74, 6) is 0.106. The number of nitrogens with one attached hydrogen (secondary N) is 1. The minimum absolute atomic E-state index is 0.219. The maximum Gasteiger partial charge on any atom is 0.338 e. The molecule has 0 aliphatic carbocycles. The van der Waals surface area contributed by atoms with Crippen LogP contribution in [0, 0.1) is 0 Å². The SMILES string of the molecule is CCCOc1ccccc1[C@H]1C(C(=O)OC)=C(C)N=c2s/c(=C\c3c[nH]c4ccccc34)c(=O)n21. The average molecular weight is 488 g/mol. The van der Waals surface area contributed by atoms with Gasteiger partial charge in [-0.15, -0.1) is 0 Å². The molecular formula is C27H25N3O4S. The fourth-order valence-corrected chi connectivity index (χ4v) is 5.43. The Morgan fingerprint density at radius 2 is 1.97 bits per heavy atom. The van der Waals surface area contributed by atoms with Gasteiger partial charge in [-0.2, -0.15) is 0 Å². The number of allylic oxidation sites excluding steroid dienone is 1. The quantitative estimate of drug-likeness (QED) is 0.421. The van der Waals surface area contributed by atoms with Gasteiger partial charge in [-0.05, 0) is 31.6 Å². The molecule has 1 aliphatic rings. The highest BCUT2D eigenvalue weighted by Crippen LogP contribution is 2.35. The van der Waals surface area contributed by atoms with Crippen molar-refractivity contribution in [3.05, 3.63) is 96.8 Å². The first-order valence-corrected chi connectivity index (χ1v) is 12.2. The number of nitrogens with zero attached hydrogens (tertiary/aromatic N) is 2. The molecule has 0 radical (unpaired) electrons. The summed E-state index contributed by atoms with van der Waals surface area (Å²) in [5, 5.41) is 1.03. The molecule has 5 rings (SSSR count). The number of esters is 1. The van der Waals surface area contributed by atoms with Crippen LogP contribution in [0.25, 0.3) is 17.0 Å². The van der Waals surface area contributed by atoms with E-state index in [0.29, 0.717) is 33.0 Å². The summed E-state index contributed by atoms with van der Waals surface area (Å²) in [7, 11) is 1.33. The molecule has 1 aliphatic heterocycles. The summed E-state index contributed by atoms with van der Waals surface area (Å²) < 4.78 is 13.2. The number of methoxy groups -OCH3 is 1. The number of hydrogen-bond donors (Lipinski definition) is 1. The summed E-state index contributed by atoms with van der Waals surface area (Å²) in [6, 6.07) is 14.7. The molecule has 0 saturated carbocycles. The Hall–Kier alpha value is -3.91. The van der Waals surface area contributed by atoms with E-state index in [0.717, 1.165) is 28.5 Å². The van der Waals surface area contributed by atoms with Gasteiger partial charge in [0.2, 0.25) is 0 Å². The van der Waals surface area contributed by atoms with Crippen molar-refractivity contribution in [2.24, 2.45) is 4.99 Å². The van der Waals surface area contributed by atoms with E-state index in [1.165, 1.54) is 18.4 Å². The van der Waals surface area contributed by atoms with E-state index in [1.807, 2.05) is 67.7 Å². The van der Waals surface area contributed by atoms with E-state index in [2.05, 4.69) is 9.98 Å². The first-order valence-electron chi connectivity index (χ1n) is 11.4. The maximum atomic E-state index is 13.8. The minimum Gasteiger partial charge on any atom is -0.493 e. The van der Waals surface area contributed by atoms with Crippen LogP contribution in [-0.4, -0.2) is 29.2 Å². The van der Waals surface area contributed by atoms with E-state index in [-0.39, 0.29) is 5.56 Å². The molecule has 7 nitrogen and oxygen atoms in total. The Bertz CT molecular complexity index is 1640. The standard InChI is InChI=1S/C27H25N3O4S/c1-4-13-34-21-12-8-6-10-19(21)24-23(26(32)33-3)16(2)29-27-30(24)25(31)22(35-27)14-17-15-28-20-11-7-5-9-18(17)20/h5-12,14-15,24,28H,4,13H2,1-3H3/b22-14-/t24-/m0/s1. The molecular weight excluding hydrogens is 462 g/mol. The number of thiazole rings is 1. The molecule has 0 spiro atoms. The third-order valence-electron chi connectivity index (χ3n) is 6.01. The van der Waals surface area contributed by atoms with Gasteiger partial charge in [0.1, 0.15) is 11.8 Å². The molecule has 4 aromatic rings. The molecule has 3 heterocycles. The lowest BCUT2D eigenvalue weighted by molar-refractivity contribution is -0.136. The van der Waals surface area contributed by atoms with Gasteiger partial charge < -0.3 is 14.5 Å². The number of hydrogen-bond acceptors (Lipinski definition) is 6. The second kappa shape index (κ2) is 9.38. The van der Waals surface area contributed by atoms with Crippen molar-refractivity contribution in [1.29, 1.82) is 0 Å². The van der Waals surface area contributed by atoms with Crippen LogP contribution >= 0.6 is 11.3 Å². The molecule has 0 bridgehead atoms. The lowest BCUT2D eigenvalue weighted by Gasteiger charge is -2.26. The van der Waals surface area contributed by atoms with Gasteiger partial charge in [0.25, 0.3) is 5.56 Å². The Morgan fingerprint density at radius 1 is 1.20 bits per heavy atom. The van der Waals surface area contributed by atoms with Crippen molar-refractivity contribution in [3.63, 3.8) is 0 Å². The molecule has 2 aromatic carbocycles. The Balaban J connectivity index is 1.75. The number of rotatable bonds is 6. The molecule has 2 aromatic heterocycles. The number of aromatic amines is 1. The van der Waals surface area contributed by atoms with Crippen molar-refractivity contribution < 1.29 is 14.3 Å². The predicted octanol–water partition coefficient (Wildman–Crippen LogP) is 3.68. The molecule has 1 N–H and O–H groups in total. The van der Waals surface area contributed by atoms with Crippen molar-refractivity contribution in [2.45, 2.75) is 26.3 Å². The Morgan fingerprint density at radius 3 is 2.77 bits per heavy atom. The smallest absolute Gasteiger partial charge is 0.338 e. The highest BCUT2D eigenvalue weighted by molar-refractivity contribution is 7.07. The largest absolute Gasteiger partial charge is 0.493 e. The lowest BCUT2D eigenvalue weighted by atomic mass is 9.95. The van der Waals surface area contributed by atoms with Crippen LogP contribution in [0.15, 0.2) is 75.8 Å². The summed E-state index contributed by atoms with van der Waals surface area (Å²) in [6.45, 7) is 4.32. The lowest BCUT2D eigenvalue weighted by Crippen LogP contribution is -2.40. The normalized spacial score (nSPS) is 15.7. The summed E-state index contributed by atoms with van der Waals surface area (Å²) in [4.78, 5) is 35.1. The first kappa shape index (κ1) is 22.9. The molecule has 178 valence electrons. The number of carbonyl (C=O) groups is 1. The van der Waals surface area contributed by atoms with Crippen molar-refractivity contribution in [1.82, 2.24) is 9.55 Å². The summed E-state index contributed by atoms with van der Waals surface area (Å²) in [6.07, 6.45) is 4.59. The summed E-state index contributed by atoms with van der Waals surface area (Å²) >= 11 is 1.30. The van der Waals surface area contributed by atoms with Crippen molar-refractivity contribution in [3.8, 4) is 5.75 Å². The molecule has 0 amide bonds. The van der Waals surface area contributed by atoms with Gasteiger partial charge in [0, 0.05) is 28.2 Å². The highest BCUT2D eigenvalue weighted by atomic mass is 32.1. The van der Waals surface area contributed by atoms with E-state index in [9.17, 15) is 9.59 Å². The fraction of sp³-hybridized carbons (Fsp3) is 0.222. The molecule has 0 saturated heterocycles. The number of benzene rings is 2. The number of fused-ring (bicyclic) bond motifs is 2. The van der Waals surface area contributed by atoms with Crippen LogP contribution in [0.4, 0.5) is 0 Å². The number of ether oxygens (including phenoxy) is 2. The van der Waals surface area contributed by atoms with Crippen LogP contribution in [-0.2, 0) is 9.53 Å². The van der Waals surface area contributed by atoms with Crippen LogP contribution in [0.5, 0.6) is 5.75 Å². The third-order valence-corrected chi connectivity index (χ3v) is 6.99. The van der Waals surface area contributed by atoms with Gasteiger partial charge in [-0.25, -0.2) is 9.79 Å². The zero-order valence-corrected chi connectivity index (χ0v) is 20.5. The van der Waals surface area contributed by atoms with Crippen molar-refractivity contribution >= 4 is 34.3 Å². The maximum absolute atomic E-state index is 13.8. The average Bonchev–Trinajstić information content (AvgIpc) is 3.42. The van der Waals surface area contributed by atoms with E-state index >= 15 is 0 Å². The van der Waals surface area contributed by atoms with Crippen LogP contribution in [0.3, 0.4) is 0 Å². The zero-order chi connectivity index (χ0) is 24.5. The second-order valence-corrected chi connectivity index (χ2v) is 9.26. The topological polar surface area (TPSA) is 85.7 Å². The van der Waals surface area contributed by atoms with Gasteiger partial charge in [-0.1, -0.05) is 54.7 Å². The Labute approximate surface area is 205 Å². The molecule has 8 heteroatoms. The molecule has 1 atom stereocenters.